The predicted octanol–water partition coefficient (Wildman–Crippen LogP) is 1.97. The van der Waals surface area contributed by atoms with Crippen LogP contribution in [0.25, 0.3) is 0 Å². The molecule has 1 aliphatic heterocycles. The minimum absolute atomic E-state index is 0.181. The number of carbonyl (C=O) groups excluding carboxylic acids is 1. The van der Waals surface area contributed by atoms with Crippen LogP contribution in [-0.4, -0.2) is 47.1 Å². The van der Waals surface area contributed by atoms with Gasteiger partial charge in [0.2, 0.25) is 0 Å². The minimum atomic E-state index is -0.245. The van der Waals surface area contributed by atoms with Gasteiger partial charge in [-0.05, 0) is 24.3 Å². The second-order valence-corrected chi connectivity index (χ2v) is 4.97. The first-order chi connectivity index (χ1) is 10.7. The summed E-state index contributed by atoms with van der Waals surface area (Å²) in [5, 5.41) is 2.72. The molecule has 0 aliphatic carbocycles. The molecule has 1 aliphatic rings. The van der Waals surface area contributed by atoms with E-state index in [1.807, 2.05) is 0 Å². The summed E-state index contributed by atoms with van der Waals surface area (Å²) >= 11 is 0. The zero-order chi connectivity index (χ0) is 15.4. The molecule has 114 valence electrons. The number of halogens is 1. The Kier molecular flexibility index (Phi) is 4.13. The lowest BCUT2D eigenvalue weighted by Crippen LogP contribution is -2.50. The molecule has 0 bridgehead atoms. The number of piperazine rings is 1. The average molecular weight is 301 g/mol. The van der Waals surface area contributed by atoms with Crippen LogP contribution in [0.5, 0.6) is 0 Å². The highest BCUT2D eigenvalue weighted by Crippen LogP contribution is 2.17. The number of rotatable bonds is 2. The van der Waals surface area contributed by atoms with Gasteiger partial charge < -0.3 is 9.80 Å². The molecule has 1 saturated heterocycles. The van der Waals surface area contributed by atoms with E-state index in [-0.39, 0.29) is 11.8 Å². The Morgan fingerprint density at radius 3 is 2.45 bits per heavy atom. The van der Waals surface area contributed by atoms with E-state index in [1.54, 1.807) is 23.2 Å². The van der Waals surface area contributed by atoms with Gasteiger partial charge in [0.1, 0.15) is 5.82 Å². The summed E-state index contributed by atoms with van der Waals surface area (Å²) in [6.45, 7) is 2.62. The van der Waals surface area contributed by atoms with Gasteiger partial charge in [0, 0.05) is 44.3 Å². The topological polar surface area (TPSA) is 61.4 Å². The fourth-order valence-corrected chi connectivity index (χ4v) is 2.37. The zero-order valence-corrected chi connectivity index (χ0v) is 11.9. The van der Waals surface area contributed by atoms with Crippen molar-refractivity contribution in [3.63, 3.8) is 0 Å². The summed E-state index contributed by atoms with van der Waals surface area (Å²) in [7, 11) is 0. The van der Waals surface area contributed by atoms with Crippen LogP contribution < -0.4 is 10.2 Å². The Morgan fingerprint density at radius 2 is 1.82 bits per heavy atom. The van der Waals surface area contributed by atoms with Gasteiger partial charge in [-0.25, -0.2) is 14.2 Å². The lowest BCUT2D eigenvalue weighted by atomic mass is 10.2. The third-order valence-electron chi connectivity index (χ3n) is 3.56. The molecule has 0 saturated carbocycles. The Labute approximate surface area is 127 Å². The highest BCUT2D eigenvalue weighted by molar-refractivity contribution is 5.88. The molecule has 1 N–H and O–H groups in total. The van der Waals surface area contributed by atoms with Gasteiger partial charge in [-0.1, -0.05) is 0 Å². The van der Waals surface area contributed by atoms with Crippen LogP contribution in [0.2, 0.25) is 0 Å². The van der Waals surface area contributed by atoms with Crippen LogP contribution in [0.1, 0.15) is 0 Å². The number of nitrogens with one attached hydrogen (secondary N) is 1. The molecule has 1 aromatic carbocycles. The standard InChI is InChI=1S/C15H16FN5O/c16-12-1-3-13(4-2-12)20-7-9-21(10-8-20)15(22)19-14-11-17-5-6-18-14/h1-6,11H,7-10H2,(H,18,19,22). The van der Waals surface area contributed by atoms with Crippen LogP contribution in [0, 0.1) is 5.82 Å². The van der Waals surface area contributed by atoms with Crippen LogP contribution >= 0.6 is 0 Å². The summed E-state index contributed by atoms with van der Waals surface area (Å²) in [5.41, 5.74) is 0.968. The number of nitrogens with zero attached hydrogens (tertiary/aromatic N) is 4. The Morgan fingerprint density at radius 1 is 1.09 bits per heavy atom. The van der Waals surface area contributed by atoms with Crippen molar-refractivity contribution in [3.05, 3.63) is 48.7 Å². The van der Waals surface area contributed by atoms with Crippen LogP contribution in [-0.2, 0) is 0 Å². The number of hydrogen-bond acceptors (Lipinski definition) is 4. The van der Waals surface area contributed by atoms with Crippen LogP contribution in [0.3, 0.4) is 0 Å². The minimum Gasteiger partial charge on any atom is -0.368 e. The van der Waals surface area contributed by atoms with E-state index in [9.17, 15) is 9.18 Å². The third-order valence-corrected chi connectivity index (χ3v) is 3.56. The molecule has 1 aromatic heterocycles. The van der Waals surface area contributed by atoms with Crippen molar-refractivity contribution in [1.29, 1.82) is 0 Å². The van der Waals surface area contributed by atoms with Crippen molar-refractivity contribution >= 4 is 17.5 Å². The normalized spacial score (nSPS) is 14.8. The monoisotopic (exact) mass is 301 g/mol. The van der Waals surface area contributed by atoms with Crippen LogP contribution in [0.4, 0.5) is 20.7 Å². The summed E-state index contributed by atoms with van der Waals surface area (Å²) in [4.78, 5) is 23.9. The SMILES string of the molecule is O=C(Nc1cnccn1)N1CCN(c2ccc(F)cc2)CC1. The quantitative estimate of drug-likeness (QED) is 0.921. The van der Waals surface area contributed by atoms with Crippen molar-refractivity contribution in [2.75, 3.05) is 36.4 Å². The van der Waals surface area contributed by atoms with Gasteiger partial charge in [-0.15, -0.1) is 0 Å². The zero-order valence-electron chi connectivity index (χ0n) is 11.9. The van der Waals surface area contributed by atoms with E-state index in [4.69, 9.17) is 0 Å². The maximum absolute atomic E-state index is 12.9. The first kappa shape index (κ1) is 14.2. The fourth-order valence-electron chi connectivity index (χ4n) is 2.37. The Hall–Kier alpha value is -2.70. The molecule has 0 atom stereocenters. The van der Waals surface area contributed by atoms with Crippen molar-refractivity contribution in [2.24, 2.45) is 0 Å². The number of anilines is 2. The van der Waals surface area contributed by atoms with E-state index in [2.05, 4.69) is 20.2 Å². The summed E-state index contributed by atoms with van der Waals surface area (Å²) in [6, 6.07) is 6.22. The number of amides is 2. The van der Waals surface area contributed by atoms with Gasteiger partial charge in [0.15, 0.2) is 5.82 Å². The first-order valence-corrected chi connectivity index (χ1v) is 7.05. The lowest BCUT2D eigenvalue weighted by Gasteiger charge is -2.35. The van der Waals surface area contributed by atoms with Gasteiger partial charge in [-0.2, -0.15) is 0 Å². The summed E-state index contributed by atoms with van der Waals surface area (Å²) in [5.74, 6) is 0.194. The summed E-state index contributed by atoms with van der Waals surface area (Å²) < 4.78 is 12.9. The molecule has 2 amide bonds. The van der Waals surface area contributed by atoms with E-state index in [0.29, 0.717) is 32.0 Å². The Balaban J connectivity index is 1.55. The molecular formula is C15H16FN5O. The average Bonchev–Trinajstić information content (AvgIpc) is 2.57. The fraction of sp³-hybridized carbons (Fsp3) is 0.267. The molecule has 2 aromatic rings. The maximum Gasteiger partial charge on any atom is 0.323 e. The molecular weight excluding hydrogens is 285 g/mol. The second kappa shape index (κ2) is 6.38. The van der Waals surface area contributed by atoms with Crippen LogP contribution in [0.15, 0.2) is 42.9 Å². The van der Waals surface area contributed by atoms with Crippen molar-refractivity contribution in [3.8, 4) is 0 Å². The highest BCUT2D eigenvalue weighted by Gasteiger charge is 2.21. The summed E-state index contributed by atoms with van der Waals surface area (Å²) in [6.07, 6.45) is 4.59. The molecule has 22 heavy (non-hydrogen) atoms. The van der Waals surface area contributed by atoms with Gasteiger partial charge >= 0.3 is 6.03 Å². The molecule has 7 heteroatoms. The van der Waals surface area contributed by atoms with Gasteiger partial charge in [0.25, 0.3) is 0 Å². The molecule has 0 unspecified atom stereocenters. The maximum atomic E-state index is 12.9. The second-order valence-electron chi connectivity index (χ2n) is 4.97. The molecule has 2 heterocycles. The molecule has 6 nitrogen and oxygen atoms in total. The van der Waals surface area contributed by atoms with E-state index >= 15 is 0 Å². The molecule has 1 fully saturated rings. The molecule has 3 rings (SSSR count). The molecule has 0 spiro atoms. The van der Waals surface area contributed by atoms with Crippen molar-refractivity contribution in [2.45, 2.75) is 0 Å². The number of urea groups is 1. The molecule has 0 radical (unpaired) electrons. The number of hydrogen-bond donors (Lipinski definition) is 1. The largest absolute Gasteiger partial charge is 0.368 e. The van der Waals surface area contributed by atoms with Crippen molar-refractivity contribution in [1.82, 2.24) is 14.9 Å². The van der Waals surface area contributed by atoms with Gasteiger partial charge in [-0.3, -0.25) is 10.3 Å². The van der Waals surface area contributed by atoms with Crippen molar-refractivity contribution < 1.29 is 9.18 Å². The van der Waals surface area contributed by atoms with Gasteiger partial charge in [0.05, 0.1) is 6.20 Å². The van der Waals surface area contributed by atoms with E-state index < -0.39 is 0 Å². The lowest BCUT2D eigenvalue weighted by molar-refractivity contribution is 0.208. The third kappa shape index (κ3) is 3.30. The number of aromatic nitrogens is 2. The Bertz CT molecular complexity index is 626. The number of carbonyl (C=O) groups is 1. The highest BCUT2D eigenvalue weighted by atomic mass is 19.1. The van der Waals surface area contributed by atoms with E-state index in [0.717, 1.165) is 5.69 Å². The van der Waals surface area contributed by atoms with E-state index in [1.165, 1.54) is 24.5 Å². The number of benzene rings is 1. The predicted molar refractivity (Wildman–Crippen MR) is 81.2 cm³/mol. The first-order valence-electron chi connectivity index (χ1n) is 7.05. The smallest absolute Gasteiger partial charge is 0.323 e.